The van der Waals surface area contributed by atoms with Crippen molar-refractivity contribution in [3.8, 4) is 17.4 Å². The Balaban J connectivity index is 2.44. The molecule has 0 fully saturated rings. The molecule has 1 aromatic heterocycles. The molecule has 0 aliphatic heterocycles. The minimum Gasteiger partial charge on any atom is -0.489 e. The van der Waals surface area contributed by atoms with E-state index in [4.69, 9.17) is 15.2 Å². The number of aromatic nitrogens is 2. The molecule has 0 saturated heterocycles. The van der Waals surface area contributed by atoms with Crippen molar-refractivity contribution in [2.45, 2.75) is 13.3 Å². The van der Waals surface area contributed by atoms with Gasteiger partial charge in [-0.3, -0.25) is 10.1 Å². The number of benzene rings is 1. The van der Waals surface area contributed by atoms with Crippen molar-refractivity contribution in [2.75, 3.05) is 12.8 Å². The zero-order valence-corrected chi connectivity index (χ0v) is 11.6. The normalized spacial score (nSPS) is 10.2. The Morgan fingerprint density at radius 1 is 1.38 bits per heavy atom. The first kappa shape index (κ1) is 14.5. The number of nitro benzene ring substituents is 1. The summed E-state index contributed by atoms with van der Waals surface area (Å²) in [6.45, 7) is 1.91. The second-order valence-electron chi connectivity index (χ2n) is 4.11. The van der Waals surface area contributed by atoms with Crippen LogP contribution in [0.15, 0.2) is 24.5 Å². The molecule has 2 aromatic rings. The Bertz CT molecular complexity index is 675. The molecule has 1 heterocycles. The number of anilines is 1. The third-order valence-electron chi connectivity index (χ3n) is 2.84. The summed E-state index contributed by atoms with van der Waals surface area (Å²) in [6.07, 6.45) is 1.88. The fourth-order valence-corrected chi connectivity index (χ4v) is 1.75. The highest BCUT2D eigenvalue weighted by molar-refractivity contribution is 5.55. The van der Waals surface area contributed by atoms with Crippen molar-refractivity contribution in [1.82, 2.24) is 9.97 Å². The van der Waals surface area contributed by atoms with E-state index < -0.39 is 4.92 Å². The van der Waals surface area contributed by atoms with Gasteiger partial charge in [0, 0.05) is 6.07 Å². The second-order valence-corrected chi connectivity index (χ2v) is 4.11. The monoisotopic (exact) mass is 290 g/mol. The first-order valence-electron chi connectivity index (χ1n) is 6.16. The summed E-state index contributed by atoms with van der Waals surface area (Å²) >= 11 is 0. The van der Waals surface area contributed by atoms with Crippen LogP contribution in [0.5, 0.6) is 17.4 Å². The third kappa shape index (κ3) is 2.99. The van der Waals surface area contributed by atoms with Gasteiger partial charge in [-0.2, -0.15) is 4.98 Å². The van der Waals surface area contributed by atoms with Crippen LogP contribution in [0.2, 0.25) is 0 Å². The quantitative estimate of drug-likeness (QED) is 0.663. The fraction of sp³-hybridized carbons (Fsp3) is 0.231. The second kappa shape index (κ2) is 6.04. The highest BCUT2D eigenvalue weighted by atomic mass is 16.6. The van der Waals surface area contributed by atoms with E-state index in [1.54, 1.807) is 6.07 Å². The van der Waals surface area contributed by atoms with Crippen LogP contribution in [-0.4, -0.2) is 22.0 Å². The lowest BCUT2D eigenvalue weighted by molar-refractivity contribution is -0.385. The first-order chi connectivity index (χ1) is 10.1. The van der Waals surface area contributed by atoms with Crippen molar-refractivity contribution in [3.63, 3.8) is 0 Å². The van der Waals surface area contributed by atoms with Gasteiger partial charge in [0.05, 0.1) is 12.0 Å². The maximum absolute atomic E-state index is 11.1. The number of methoxy groups -OCH3 is 1. The highest BCUT2D eigenvalue weighted by Crippen LogP contribution is 2.36. The Morgan fingerprint density at radius 3 is 2.76 bits per heavy atom. The highest BCUT2D eigenvalue weighted by Gasteiger charge is 2.20. The maximum atomic E-state index is 11.1. The van der Waals surface area contributed by atoms with Crippen LogP contribution in [0, 0.1) is 10.1 Å². The van der Waals surface area contributed by atoms with Gasteiger partial charge in [0.25, 0.3) is 5.88 Å². The third-order valence-corrected chi connectivity index (χ3v) is 2.84. The number of nitrogen functional groups attached to an aromatic ring is 1. The number of rotatable bonds is 5. The van der Waals surface area contributed by atoms with Gasteiger partial charge in [0.1, 0.15) is 6.33 Å². The van der Waals surface area contributed by atoms with Crippen molar-refractivity contribution in [2.24, 2.45) is 0 Å². The molecule has 2 rings (SSSR count). The Labute approximate surface area is 120 Å². The van der Waals surface area contributed by atoms with Gasteiger partial charge in [0.15, 0.2) is 5.82 Å². The average molecular weight is 290 g/mol. The first-order valence-corrected chi connectivity index (χ1v) is 6.16. The molecule has 0 radical (unpaired) electrons. The number of aryl methyl sites for hydroxylation is 1. The molecule has 21 heavy (non-hydrogen) atoms. The lowest BCUT2D eigenvalue weighted by Crippen LogP contribution is -2.01. The van der Waals surface area contributed by atoms with Crippen LogP contribution in [-0.2, 0) is 6.42 Å². The Hall–Kier alpha value is -2.90. The van der Waals surface area contributed by atoms with Crippen molar-refractivity contribution >= 4 is 11.5 Å². The number of nitro groups is 1. The van der Waals surface area contributed by atoms with E-state index >= 15 is 0 Å². The zero-order valence-electron chi connectivity index (χ0n) is 11.6. The summed E-state index contributed by atoms with van der Waals surface area (Å²) in [6, 6.07) is 4.74. The summed E-state index contributed by atoms with van der Waals surface area (Å²) in [5, 5.41) is 11.1. The number of ether oxygens (including phenoxy) is 2. The SMILES string of the molecule is CCc1ccc(Oc2ncnc(N)c2OC)c([N+](=O)[O-])c1. The molecule has 0 bridgehead atoms. The molecule has 0 amide bonds. The molecule has 0 atom stereocenters. The van der Waals surface area contributed by atoms with Crippen molar-refractivity contribution in [3.05, 3.63) is 40.2 Å². The van der Waals surface area contributed by atoms with Gasteiger partial charge in [-0.05, 0) is 18.1 Å². The standard InChI is InChI=1S/C13H14N4O4/c1-3-8-4-5-10(9(6-8)17(18)19)21-13-11(20-2)12(14)15-7-16-13/h4-7H,3H2,1-2H3,(H2,14,15,16). The number of nitrogens with zero attached hydrogens (tertiary/aromatic N) is 3. The molecule has 0 aliphatic carbocycles. The van der Waals surface area contributed by atoms with Gasteiger partial charge in [0.2, 0.25) is 11.5 Å². The van der Waals surface area contributed by atoms with E-state index in [2.05, 4.69) is 9.97 Å². The van der Waals surface area contributed by atoms with Crippen molar-refractivity contribution in [1.29, 1.82) is 0 Å². The minimum absolute atomic E-state index is 0.0253. The van der Waals surface area contributed by atoms with Gasteiger partial charge in [-0.25, -0.2) is 4.98 Å². The molecule has 0 unspecified atom stereocenters. The van der Waals surface area contributed by atoms with E-state index in [-0.39, 0.29) is 28.9 Å². The van der Waals surface area contributed by atoms with Crippen molar-refractivity contribution < 1.29 is 14.4 Å². The number of hydrogen-bond acceptors (Lipinski definition) is 7. The van der Waals surface area contributed by atoms with Crippen LogP contribution in [0.3, 0.4) is 0 Å². The van der Waals surface area contributed by atoms with Gasteiger partial charge < -0.3 is 15.2 Å². The number of nitrogens with two attached hydrogens (primary N) is 1. The fourth-order valence-electron chi connectivity index (χ4n) is 1.75. The minimum atomic E-state index is -0.508. The lowest BCUT2D eigenvalue weighted by Gasteiger charge is -2.10. The summed E-state index contributed by atoms with van der Waals surface area (Å²) < 4.78 is 10.5. The molecule has 0 spiro atoms. The van der Waals surface area contributed by atoms with Gasteiger partial charge in [-0.15, -0.1) is 0 Å². The lowest BCUT2D eigenvalue weighted by atomic mass is 10.1. The van der Waals surface area contributed by atoms with E-state index in [0.29, 0.717) is 6.42 Å². The molecular weight excluding hydrogens is 276 g/mol. The molecule has 0 aliphatic rings. The molecule has 8 nitrogen and oxygen atoms in total. The van der Waals surface area contributed by atoms with Gasteiger partial charge >= 0.3 is 5.69 Å². The predicted molar refractivity (Wildman–Crippen MR) is 75.5 cm³/mol. The molecule has 2 N–H and O–H groups in total. The Kier molecular flexibility index (Phi) is 4.17. The summed E-state index contributed by atoms with van der Waals surface area (Å²) in [4.78, 5) is 18.3. The van der Waals surface area contributed by atoms with Gasteiger partial charge in [-0.1, -0.05) is 13.0 Å². The predicted octanol–water partition coefficient (Wildman–Crippen LogP) is 2.33. The summed E-state index contributed by atoms with van der Waals surface area (Å²) in [7, 11) is 1.39. The molecular formula is C13H14N4O4. The largest absolute Gasteiger partial charge is 0.489 e. The van der Waals surface area contributed by atoms with Crippen LogP contribution < -0.4 is 15.2 Å². The average Bonchev–Trinajstić information content (AvgIpc) is 2.47. The summed E-state index contributed by atoms with van der Waals surface area (Å²) in [5.41, 5.74) is 6.33. The maximum Gasteiger partial charge on any atom is 0.311 e. The summed E-state index contributed by atoms with van der Waals surface area (Å²) in [5.74, 6) is 0.313. The molecule has 110 valence electrons. The van der Waals surface area contributed by atoms with Crippen LogP contribution in [0.25, 0.3) is 0 Å². The van der Waals surface area contributed by atoms with Crippen LogP contribution in [0.4, 0.5) is 11.5 Å². The zero-order chi connectivity index (χ0) is 15.4. The smallest absolute Gasteiger partial charge is 0.311 e. The van der Waals surface area contributed by atoms with E-state index in [1.165, 1.54) is 25.6 Å². The molecule has 8 heteroatoms. The van der Waals surface area contributed by atoms with Crippen LogP contribution in [0.1, 0.15) is 12.5 Å². The van der Waals surface area contributed by atoms with E-state index in [0.717, 1.165) is 5.56 Å². The van der Waals surface area contributed by atoms with E-state index in [9.17, 15) is 10.1 Å². The molecule has 0 saturated carbocycles. The molecule has 1 aromatic carbocycles. The topological polar surface area (TPSA) is 113 Å². The van der Waals surface area contributed by atoms with Crippen LogP contribution >= 0.6 is 0 Å². The number of hydrogen-bond donors (Lipinski definition) is 1. The van der Waals surface area contributed by atoms with E-state index in [1.807, 2.05) is 6.92 Å². The Morgan fingerprint density at radius 2 is 2.14 bits per heavy atom.